The standard InChI is InChI=1S/C29H26N2O4S/c1-4-34-23-16-15-19-11-9-10-14-21(19)22(23)17-24-27(32)31-26(20-12-7-6-8-13-20)25(28(33)35-5-2)18(3)30-29(31)36-24/h6-17,26H,4-5H2,1-3H3/b24-17+/t26-/m0/s1. The first-order valence-corrected chi connectivity index (χ1v) is 12.7. The van der Waals surface area contributed by atoms with E-state index in [9.17, 15) is 9.59 Å². The van der Waals surface area contributed by atoms with E-state index in [0.29, 0.717) is 33.0 Å². The molecule has 0 amide bonds. The summed E-state index contributed by atoms with van der Waals surface area (Å²) in [5.41, 5.74) is 2.38. The van der Waals surface area contributed by atoms with E-state index in [2.05, 4.69) is 4.99 Å². The zero-order valence-corrected chi connectivity index (χ0v) is 21.2. The van der Waals surface area contributed by atoms with Crippen LogP contribution < -0.4 is 19.6 Å². The number of carbonyl (C=O) groups is 1. The summed E-state index contributed by atoms with van der Waals surface area (Å²) in [7, 11) is 0. The third-order valence-corrected chi connectivity index (χ3v) is 7.12. The summed E-state index contributed by atoms with van der Waals surface area (Å²) < 4.78 is 13.4. The Balaban J connectivity index is 1.77. The maximum atomic E-state index is 13.9. The number of fused-ring (bicyclic) bond motifs is 2. The van der Waals surface area contributed by atoms with Gasteiger partial charge in [0.25, 0.3) is 5.56 Å². The number of carbonyl (C=O) groups excluding carboxylic acids is 1. The van der Waals surface area contributed by atoms with Gasteiger partial charge in [-0.15, -0.1) is 0 Å². The van der Waals surface area contributed by atoms with Gasteiger partial charge >= 0.3 is 5.97 Å². The Morgan fingerprint density at radius 3 is 2.53 bits per heavy atom. The van der Waals surface area contributed by atoms with Gasteiger partial charge in [-0.25, -0.2) is 9.79 Å². The number of nitrogens with zero attached hydrogens (tertiary/aromatic N) is 2. The Bertz CT molecular complexity index is 1670. The number of esters is 1. The highest BCUT2D eigenvalue weighted by molar-refractivity contribution is 7.07. The number of benzene rings is 3. The molecular formula is C29H26N2O4S. The van der Waals surface area contributed by atoms with Crippen LogP contribution in [0.25, 0.3) is 16.8 Å². The van der Waals surface area contributed by atoms with Gasteiger partial charge in [-0.3, -0.25) is 9.36 Å². The van der Waals surface area contributed by atoms with Crippen molar-refractivity contribution in [2.75, 3.05) is 13.2 Å². The maximum Gasteiger partial charge on any atom is 0.338 e. The lowest BCUT2D eigenvalue weighted by Gasteiger charge is -2.24. The third-order valence-electron chi connectivity index (χ3n) is 6.14. The Kier molecular flexibility index (Phi) is 6.57. The van der Waals surface area contributed by atoms with Crippen LogP contribution in [-0.4, -0.2) is 23.8 Å². The summed E-state index contributed by atoms with van der Waals surface area (Å²) in [5.74, 6) is 0.250. The van der Waals surface area contributed by atoms with Gasteiger partial charge in [0, 0.05) is 5.56 Å². The predicted octanol–water partition coefficient (Wildman–Crippen LogP) is 4.35. The zero-order chi connectivity index (χ0) is 25.2. The number of hydrogen-bond donors (Lipinski definition) is 0. The van der Waals surface area contributed by atoms with E-state index >= 15 is 0 Å². The van der Waals surface area contributed by atoms with Gasteiger partial charge in [-0.1, -0.05) is 72.0 Å². The summed E-state index contributed by atoms with van der Waals surface area (Å²) in [4.78, 5) is 32.1. The van der Waals surface area contributed by atoms with Crippen LogP contribution in [0.15, 0.2) is 87.8 Å². The minimum atomic E-state index is -0.623. The second-order valence-electron chi connectivity index (χ2n) is 8.34. The molecule has 0 unspecified atom stereocenters. The molecule has 0 N–H and O–H groups in total. The molecule has 0 spiro atoms. The topological polar surface area (TPSA) is 69.9 Å². The molecule has 1 atom stereocenters. The van der Waals surface area contributed by atoms with E-state index < -0.39 is 12.0 Å². The summed E-state index contributed by atoms with van der Waals surface area (Å²) >= 11 is 1.31. The molecule has 0 bridgehead atoms. The molecule has 3 aromatic carbocycles. The Morgan fingerprint density at radius 1 is 1.03 bits per heavy atom. The van der Waals surface area contributed by atoms with Crippen LogP contribution in [0.5, 0.6) is 5.75 Å². The molecule has 4 aromatic rings. The second-order valence-corrected chi connectivity index (χ2v) is 9.35. The number of rotatable bonds is 6. The van der Waals surface area contributed by atoms with Crippen LogP contribution in [0, 0.1) is 0 Å². The number of thiazole rings is 1. The molecule has 0 radical (unpaired) electrons. The predicted molar refractivity (Wildman–Crippen MR) is 142 cm³/mol. The van der Waals surface area contributed by atoms with Crippen molar-refractivity contribution >= 4 is 34.2 Å². The molecule has 1 aromatic heterocycles. The molecule has 7 heteroatoms. The fraction of sp³-hybridized carbons (Fsp3) is 0.207. The van der Waals surface area contributed by atoms with Crippen LogP contribution in [0.4, 0.5) is 0 Å². The zero-order valence-electron chi connectivity index (χ0n) is 20.4. The summed E-state index contributed by atoms with van der Waals surface area (Å²) in [6.07, 6.45) is 1.88. The van der Waals surface area contributed by atoms with Crippen molar-refractivity contribution in [2.45, 2.75) is 26.8 Å². The highest BCUT2D eigenvalue weighted by atomic mass is 32.1. The molecule has 2 heterocycles. The van der Waals surface area contributed by atoms with E-state index in [-0.39, 0.29) is 12.2 Å². The average molecular weight is 499 g/mol. The molecule has 182 valence electrons. The van der Waals surface area contributed by atoms with Crippen molar-refractivity contribution in [3.63, 3.8) is 0 Å². The smallest absolute Gasteiger partial charge is 0.338 e. The van der Waals surface area contributed by atoms with E-state index in [1.807, 2.05) is 79.7 Å². The molecule has 6 nitrogen and oxygen atoms in total. The van der Waals surface area contributed by atoms with Crippen molar-refractivity contribution in [1.82, 2.24) is 4.57 Å². The number of ether oxygens (including phenoxy) is 2. The van der Waals surface area contributed by atoms with E-state index in [4.69, 9.17) is 9.47 Å². The fourth-order valence-electron chi connectivity index (χ4n) is 4.58. The van der Waals surface area contributed by atoms with E-state index in [1.54, 1.807) is 18.4 Å². The molecule has 0 saturated heterocycles. The van der Waals surface area contributed by atoms with E-state index in [1.165, 1.54) is 11.3 Å². The van der Waals surface area contributed by atoms with Gasteiger partial charge in [-0.2, -0.15) is 0 Å². The second kappa shape index (κ2) is 9.95. The summed E-state index contributed by atoms with van der Waals surface area (Å²) in [6, 6.07) is 20.9. The van der Waals surface area contributed by atoms with E-state index in [0.717, 1.165) is 21.9 Å². The summed E-state index contributed by atoms with van der Waals surface area (Å²) in [6.45, 7) is 6.24. The SMILES string of the molecule is CCOC(=O)C1=C(C)N=c2s/c(=C/c3c(OCC)ccc4ccccc34)c(=O)n2[C@H]1c1ccccc1. The van der Waals surface area contributed by atoms with Crippen molar-refractivity contribution in [2.24, 2.45) is 4.99 Å². The first kappa shape index (κ1) is 23.8. The molecular weight excluding hydrogens is 472 g/mol. The van der Waals surface area contributed by atoms with Crippen molar-refractivity contribution < 1.29 is 14.3 Å². The molecule has 0 saturated carbocycles. The number of allylic oxidation sites excluding steroid dienone is 1. The van der Waals surface area contributed by atoms with Gasteiger partial charge in [0.05, 0.1) is 35.1 Å². The third kappa shape index (κ3) is 4.16. The summed E-state index contributed by atoms with van der Waals surface area (Å²) in [5, 5.41) is 2.06. The molecule has 36 heavy (non-hydrogen) atoms. The first-order valence-electron chi connectivity index (χ1n) is 11.9. The van der Waals surface area contributed by atoms with Crippen molar-refractivity contribution in [1.29, 1.82) is 0 Å². The Hall–Kier alpha value is -3.97. The Morgan fingerprint density at radius 2 is 1.78 bits per heavy atom. The molecule has 1 aliphatic rings. The van der Waals surface area contributed by atoms with Gasteiger partial charge in [0.2, 0.25) is 0 Å². The van der Waals surface area contributed by atoms with Gasteiger partial charge in [-0.05, 0) is 49.2 Å². The maximum absolute atomic E-state index is 13.9. The minimum Gasteiger partial charge on any atom is -0.493 e. The molecule has 1 aliphatic heterocycles. The highest BCUT2D eigenvalue weighted by Crippen LogP contribution is 2.31. The van der Waals surface area contributed by atoms with Crippen LogP contribution in [0.2, 0.25) is 0 Å². The van der Waals surface area contributed by atoms with Gasteiger partial charge < -0.3 is 9.47 Å². The first-order chi connectivity index (χ1) is 17.5. The molecule has 5 rings (SSSR count). The Labute approximate surface area is 212 Å². The lowest BCUT2D eigenvalue weighted by Crippen LogP contribution is -2.39. The van der Waals surface area contributed by atoms with Crippen molar-refractivity contribution in [3.05, 3.63) is 109 Å². The minimum absolute atomic E-state index is 0.211. The van der Waals surface area contributed by atoms with Crippen LogP contribution >= 0.6 is 11.3 Å². The average Bonchev–Trinajstić information content (AvgIpc) is 3.19. The van der Waals surface area contributed by atoms with Crippen LogP contribution in [0.1, 0.15) is 37.9 Å². The normalized spacial score (nSPS) is 15.5. The molecule has 0 fully saturated rings. The van der Waals surface area contributed by atoms with Gasteiger partial charge in [0.1, 0.15) is 5.75 Å². The van der Waals surface area contributed by atoms with Crippen molar-refractivity contribution in [3.8, 4) is 5.75 Å². The monoisotopic (exact) mass is 498 g/mol. The van der Waals surface area contributed by atoms with Crippen LogP contribution in [-0.2, 0) is 9.53 Å². The highest BCUT2D eigenvalue weighted by Gasteiger charge is 2.33. The number of hydrogen-bond acceptors (Lipinski definition) is 6. The largest absolute Gasteiger partial charge is 0.493 e. The van der Waals surface area contributed by atoms with Crippen LogP contribution in [0.3, 0.4) is 0 Å². The lowest BCUT2D eigenvalue weighted by atomic mass is 9.96. The van der Waals surface area contributed by atoms with Gasteiger partial charge in [0.15, 0.2) is 4.80 Å². The number of aromatic nitrogens is 1. The fourth-order valence-corrected chi connectivity index (χ4v) is 5.61. The molecule has 0 aliphatic carbocycles. The lowest BCUT2D eigenvalue weighted by molar-refractivity contribution is -0.139. The quantitative estimate of drug-likeness (QED) is 0.371.